The summed E-state index contributed by atoms with van der Waals surface area (Å²) in [6.45, 7) is 5.79. The predicted octanol–water partition coefficient (Wildman–Crippen LogP) is 3.60. The number of nitriles is 1. The fourth-order valence-corrected chi connectivity index (χ4v) is 6.08. The Labute approximate surface area is 225 Å². The predicted molar refractivity (Wildman–Crippen MR) is 151 cm³/mol. The van der Waals surface area contributed by atoms with Gasteiger partial charge in [-0.2, -0.15) is 15.2 Å². The number of anilines is 2. The van der Waals surface area contributed by atoms with Gasteiger partial charge in [-0.25, -0.2) is 0 Å². The molecule has 2 aliphatic heterocycles. The molecule has 1 saturated heterocycles. The average molecular weight is 512 g/mol. The van der Waals surface area contributed by atoms with E-state index in [1.165, 1.54) is 34.9 Å². The first-order valence-corrected chi connectivity index (χ1v) is 13.8. The number of hydrogen-bond donors (Lipinski definition) is 1. The molecular weight excluding hydrogens is 474 g/mol. The van der Waals surface area contributed by atoms with Crippen molar-refractivity contribution < 1.29 is 4.74 Å². The van der Waals surface area contributed by atoms with Gasteiger partial charge in [0, 0.05) is 60.8 Å². The van der Waals surface area contributed by atoms with Crippen molar-refractivity contribution in [2.24, 2.45) is 5.41 Å². The van der Waals surface area contributed by atoms with Crippen LogP contribution in [0, 0.1) is 16.7 Å². The molecule has 1 atom stereocenters. The molecule has 1 aromatic heterocycles. The summed E-state index contributed by atoms with van der Waals surface area (Å²) in [6, 6.07) is 18.1. The average Bonchev–Trinajstić information content (AvgIpc) is 3.70. The number of benzene rings is 2. The molecule has 38 heavy (non-hydrogen) atoms. The number of nitrogens with one attached hydrogen (secondary N) is 1. The number of aromatic nitrogens is 2. The molecule has 1 aliphatic carbocycles. The molecule has 6 rings (SSSR count). The van der Waals surface area contributed by atoms with E-state index in [4.69, 9.17) is 14.7 Å². The SMILES string of the molecule is CN(C)CC1(COc2nc3c(c(N4CCN[C@@H](CC#N)C4)n2)CCN(c2cccc4ccccc24)C3)CC1. The molecule has 3 aromatic rings. The van der Waals surface area contributed by atoms with E-state index in [0.717, 1.165) is 57.2 Å². The van der Waals surface area contributed by atoms with Gasteiger partial charge >= 0.3 is 6.01 Å². The van der Waals surface area contributed by atoms with Crippen LogP contribution in [-0.2, 0) is 13.0 Å². The van der Waals surface area contributed by atoms with Crippen LogP contribution < -0.4 is 19.9 Å². The van der Waals surface area contributed by atoms with Crippen LogP contribution in [0.25, 0.3) is 10.8 Å². The van der Waals surface area contributed by atoms with Crippen LogP contribution in [0.2, 0.25) is 0 Å². The summed E-state index contributed by atoms with van der Waals surface area (Å²) in [7, 11) is 4.25. The van der Waals surface area contributed by atoms with Crippen LogP contribution in [0.3, 0.4) is 0 Å². The zero-order valence-electron chi connectivity index (χ0n) is 22.5. The lowest BCUT2D eigenvalue weighted by Gasteiger charge is -2.37. The molecule has 0 spiro atoms. The molecule has 3 aliphatic rings. The van der Waals surface area contributed by atoms with Gasteiger partial charge in [0.05, 0.1) is 31.3 Å². The Bertz CT molecular complexity index is 1340. The molecule has 2 aromatic carbocycles. The lowest BCUT2D eigenvalue weighted by Crippen LogP contribution is -2.51. The molecule has 2 fully saturated rings. The van der Waals surface area contributed by atoms with Crippen LogP contribution in [0.15, 0.2) is 42.5 Å². The van der Waals surface area contributed by atoms with Gasteiger partial charge in [-0.05, 0) is 44.8 Å². The largest absolute Gasteiger partial charge is 0.463 e. The van der Waals surface area contributed by atoms with E-state index in [1.54, 1.807) is 0 Å². The Morgan fingerprint density at radius 1 is 1.11 bits per heavy atom. The van der Waals surface area contributed by atoms with Crippen LogP contribution in [0.4, 0.5) is 11.5 Å². The second kappa shape index (κ2) is 10.4. The summed E-state index contributed by atoms with van der Waals surface area (Å²) in [6.07, 6.45) is 3.75. The molecular formula is C30H37N7O. The zero-order valence-corrected chi connectivity index (χ0v) is 22.5. The maximum Gasteiger partial charge on any atom is 0.318 e. The van der Waals surface area contributed by atoms with Crippen LogP contribution in [0.1, 0.15) is 30.5 Å². The Morgan fingerprint density at radius 3 is 2.76 bits per heavy atom. The highest BCUT2D eigenvalue weighted by molar-refractivity contribution is 5.94. The number of fused-ring (bicyclic) bond motifs is 2. The summed E-state index contributed by atoms with van der Waals surface area (Å²) in [5.74, 6) is 0.990. The van der Waals surface area contributed by atoms with E-state index in [1.807, 2.05) is 0 Å². The van der Waals surface area contributed by atoms with Gasteiger partial charge in [-0.1, -0.05) is 36.4 Å². The van der Waals surface area contributed by atoms with E-state index in [2.05, 4.69) is 82.6 Å². The molecule has 0 bridgehead atoms. The lowest BCUT2D eigenvalue weighted by atomic mass is 10.0. The van der Waals surface area contributed by atoms with Crippen molar-refractivity contribution in [3.63, 3.8) is 0 Å². The normalized spacial score (nSPS) is 20.3. The Kier molecular flexibility index (Phi) is 6.81. The minimum Gasteiger partial charge on any atom is -0.463 e. The van der Waals surface area contributed by atoms with Crippen molar-refractivity contribution in [3.05, 3.63) is 53.7 Å². The standard InChI is InChI=1S/C30H37N7O/c1-35(2)20-30(12-13-30)21-38-29-33-26-19-36(27-9-5-7-22-6-3-4-8-24(22)27)16-11-25(26)28(34-29)37-17-15-32-23(18-37)10-14-31/h3-9,23,32H,10-13,15-21H2,1-2H3/t23-/m0/s1. The number of hydrogen-bond acceptors (Lipinski definition) is 8. The van der Waals surface area contributed by atoms with Crippen molar-refractivity contribution in [2.75, 3.05) is 63.2 Å². The highest BCUT2D eigenvalue weighted by atomic mass is 16.5. The van der Waals surface area contributed by atoms with E-state index in [-0.39, 0.29) is 11.5 Å². The van der Waals surface area contributed by atoms with Gasteiger partial charge in [0.1, 0.15) is 5.82 Å². The number of piperazine rings is 1. The van der Waals surface area contributed by atoms with Gasteiger partial charge in [0.15, 0.2) is 0 Å². The third kappa shape index (κ3) is 5.13. The van der Waals surface area contributed by atoms with Crippen molar-refractivity contribution >= 4 is 22.3 Å². The Morgan fingerprint density at radius 2 is 1.95 bits per heavy atom. The Hall–Kier alpha value is -3.41. The third-order valence-electron chi connectivity index (χ3n) is 8.14. The summed E-state index contributed by atoms with van der Waals surface area (Å²) >= 11 is 0. The Balaban J connectivity index is 1.32. The van der Waals surface area contributed by atoms with Gasteiger partial charge in [0.2, 0.25) is 0 Å². The summed E-state index contributed by atoms with van der Waals surface area (Å²) in [4.78, 5) is 17.0. The molecule has 0 unspecified atom stereocenters. The van der Waals surface area contributed by atoms with Crippen molar-refractivity contribution in [2.45, 2.75) is 38.3 Å². The third-order valence-corrected chi connectivity index (χ3v) is 8.14. The first-order valence-electron chi connectivity index (χ1n) is 13.8. The molecule has 1 saturated carbocycles. The van der Waals surface area contributed by atoms with Gasteiger partial charge in [-0.15, -0.1) is 0 Å². The van der Waals surface area contributed by atoms with Gasteiger partial charge in [-0.3, -0.25) is 0 Å². The maximum absolute atomic E-state index is 9.28. The molecule has 0 radical (unpaired) electrons. The van der Waals surface area contributed by atoms with Crippen LogP contribution in [0.5, 0.6) is 6.01 Å². The van der Waals surface area contributed by atoms with Gasteiger partial charge < -0.3 is 24.8 Å². The monoisotopic (exact) mass is 511 g/mol. The number of rotatable bonds is 8. The first-order chi connectivity index (χ1) is 18.5. The fourth-order valence-electron chi connectivity index (χ4n) is 6.08. The highest BCUT2D eigenvalue weighted by Gasteiger charge is 2.44. The molecule has 0 amide bonds. The zero-order chi connectivity index (χ0) is 26.1. The summed E-state index contributed by atoms with van der Waals surface area (Å²) in [5, 5.41) is 15.3. The number of nitrogens with zero attached hydrogens (tertiary/aromatic N) is 6. The summed E-state index contributed by atoms with van der Waals surface area (Å²) < 4.78 is 6.36. The van der Waals surface area contributed by atoms with E-state index >= 15 is 0 Å². The first kappa shape index (κ1) is 24.9. The topological polar surface area (TPSA) is 80.5 Å². The van der Waals surface area contributed by atoms with Crippen LogP contribution in [-0.4, -0.2) is 74.3 Å². The number of ether oxygens (including phenoxy) is 1. The van der Waals surface area contributed by atoms with Crippen molar-refractivity contribution in [1.82, 2.24) is 20.2 Å². The smallest absolute Gasteiger partial charge is 0.318 e. The second-order valence-corrected chi connectivity index (χ2v) is 11.4. The fraction of sp³-hybridized carbons (Fsp3) is 0.500. The van der Waals surface area contributed by atoms with E-state index in [9.17, 15) is 5.26 Å². The minimum absolute atomic E-state index is 0.148. The van der Waals surface area contributed by atoms with E-state index in [0.29, 0.717) is 19.0 Å². The van der Waals surface area contributed by atoms with Gasteiger partial charge in [0.25, 0.3) is 0 Å². The van der Waals surface area contributed by atoms with Crippen molar-refractivity contribution in [3.8, 4) is 12.1 Å². The summed E-state index contributed by atoms with van der Waals surface area (Å²) in [5.41, 5.74) is 3.73. The molecule has 8 heteroatoms. The quantitative estimate of drug-likeness (QED) is 0.491. The molecule has 1 N–H and O–H groups in total. The minimum atomic E-state index is 0.148. The second-order valence-electron chi connectivity index (χ2n) is 11.4. The van der Waals surface area contributed by atoms with Crippen LogP contribution >= 0.6 is 0 Å². The molecule has 198 valence electrons. The van der Waals surface area contributed by atoms with E-state index < -0.39 is 0 Å². The lowest BCUT2D eigenvalue weighted by molar-refractivity contribution is 0.182. The highest BCUT2D eigenvalue weighted by Crippen LogP contribution is 2.46. The van der Waals surface area contributed by atoms with Crippen molar-refractivity contribution in [1.29, 1.82) is 5.26 Å². The molecule has 8 nitrogen and oxygen atoms in total. The maximum atomic E-state index is 9.28. The molecule has 3 heterocycles.